The second-order valence-electron chi connectivity index (χ2n) is 6.71. The van der Waals surface area contributed by atoms with Crippen molar-refractivity contribution in [2.75, 3.05) is 38.7 Å². The van der Waals surface area contributed by atoms with E-state index in [1.54, 1.807) is 18.2 Å². The van der Waals surface area contributed by atoms with Gasteiger partial charge in [-0.25, -0.2) is 4.79 Å². The molecule has 3 rings (SSSR count). The number of carbonyl (C=O) groups is 2. The Hall–Kier alpha value is -2.67. The van der Waals surface area contributed by atoms with Crippen LogP contribution in [-0.4, -0.2) is 55.2 Å². The van der Waals surface area contributed by atoms with Crippen molar-refractivity contribution in [3.05, 3.63) is 36.5 Å². The van der Waals surface area contributed by atoms with Gasteiger partial charge in [-0.2, -0.15) is 0 Å². The SMILES string of the molecule is COCCCNC(=O)C1CCN(C(=O)Nc2cccc3cccnc23)CC1. The van der Waals surface area contributed by atoms with Crippen LogP contribution in [0.1, 0.15) is 19.3 Å². The molecule has 1 aromatic heterocycles. The molecule has 0 unspecified atom stereocenters. The highest BCUT2D eigenvalue weighted by atomic mass is 16.5. The number of amides is 3. The average molecular weight is 370 g/mol. The molecule has 1 aromatic carbocycles. The van der Waals surface area contributed by atoms with Crippen molar-refractivity contribution < 1.29 is 14.3 Å². The maximum atomic E-state index is 12.6. The molecule has 144 valence electrons. The summed E-state index contributed by atoms with van der Waals surface area (Å²) in [5, 5.41) is 6.89. The Labute approximate surface area is 159 Å². The summed E-state index contributed by atoms with van der Waals surface area (Å²) in [5.74, 6) is 0.0419. The molecule has 7 heteroatoms. The number of methoxy groups -OCH3 is 1. The molecule has 1 aliphatic rings. The summed E-state index contributed by atoms with van der Waals surface area (Å²) < 4.78 is 4.98. The standard InChI is InChI=1S/C20H26N4O3/c1-27-14-4-11-22-19(25)16-8-12-24(13-9-16)20(26)23-17-7-2-5-15-6-3-10-21-18(15)17/h2-3,5-7,10,16H,4,8-9,11-14H2,1H3,(H,22,25)(H,23,26). The first-order valence-electron chi connectivity index (χ1n) is 9.35. The minimum Gasteiger partial charge on any atom is -0.385 e. The van der Waals surface area contributed by atoms with E-state index in [1.807, 2.05) is 30.3 Å². The Balaban J connectivity index is 1.50. The van der Waals surface area contributed by atoms with Gasteiger partial charge in [-0.15, -0.1) is 0 Å². The van der Waals surface area contributed by atoms with Gasteiger partial charge in [0.15, 0.2) is 0 Å². The van der Waals surface area contributed by atoms with Crippen molar-refractivity contribution >= 4 is 28.5 Å². The van der Waals surface area contributed by atoms with Crippen molar-refractivity contribution in [2.24, 2.45) is 5.92 Å². The van der Waals surface area contributed by atoms with Crippen LogP contribution in [0.25, 0.3) is 10.9 Å². The van der Waals surface area contributed by atoms with Gasteiger partial charge in [-0.1, -0.05) is 18.2 Å². The third-order valence-corrected chi connectivity index (χ3v) is 4.85. The molecule has 0 spiro atoms. The number of benzene rings is 1. The van der Waals surface area contributed by atoms with Crippen LogP contribution in [0.4, 0.5) is 10.5 Å². The molecule has 7 nitrogen and oxygen atoms in total. The zero-order chi connectivity index (χ0) is 19.1. The number of hydrogen-bond acceptors (Lipinski definition) is 4. The van der Waals surface area contributed by atoms with E-state index < -0.39 is 0 Å². The third-order valence-electron chi connectivity index (χ3n) is 4.85. The first-order valence-corrected chi connectivity index (χ1v) is 9.35. The van der Waals surface area contributed by atoms with Crippen molar-refractivity contribution in [3.63, 3.8) is 0 Å². The quantitative estimate of drug-likeness (QED) is 0.766. The number of ether oxygens (including phenoxy) is 1. The summed E-state index contributed by atoms with van der Waals surface area (Å²) in [4.78, 5) is 30.9. The summed E-state index contributed by atoms with van der Waals surface area (Å²) in [7, 11) is 1.65. The summed E-state index contributed by atoms with van der Waals surface area (Å²) in [6.45, 7) is 2.41. The van der Waals surface area contributed by atoms with Gasteiger partial charge in [0.25, 0.3) is 0 Å². The number of pyridine rings is 1. The van der Waals surface area contributed by atoms with Crippen molar-refractivity contribution in [3.8, 4) is 0 Å². The number of piperidine rings is 1. The summed E-state index contributed by atoms with van der Waals surface area (Å²) in [6.07, 6.45) is 3.88. The van der Waals surface area contributed by atoms with Crippen molar-refractivity contribution in [1.29, 1.82) is 0 Å². The molecule has 2 heterocycles. The second-order valence-corrected chi connectivity index (χ2v) is 6.71. The molecule has 1 aliphatic heterocycles. The monoisotopic (exact) mass is 370 g/mol. The molecule has 0 aliphatic carbocycles. The molecule has 3 amide bonds. The Kier molecular flexibility index (Phi) is 6.59. The molecule has 1 fully saturated rings. The van der Waals surface area contributed by atoms with E-state index in [-0.39, 0.29) is 17.9 Å². The Morgan fingerprint density at radius 3 is 2.78 bits per heavy atom. The lowest BCUT2D eigenvalue weighted by molar-refractivity contribution is -0.126. The van der Waals surface area contributed by atoms with Crippen LogP contribution in [-0.2, 0) is 9.53 Å². The van der Waals surface area contributed by atoms with E-state index >= 15 is 0 Å². The minimum atomic E-state index is -0.146. The number of carbonyl (C=O) groups excluding carboxylic acids is 2. The van der Waals surface area contributed by atoms with Crippen LogP contribution in [0.2, 0.25) is 0 Å². The maximum Gasteiger partial charge on any atom is 0.321 e. The molecule has 27 heavy (non-hydrogen) atoms. The average Bonchev–Trinajstić information content (AvgIpc) is 2.71. The third kappa shape index (κ3) is 4.95. The number of nitrogens with zero attached hydrogens (tertiary/aromatic N) is 2. The fraction of sp³-hybridized carbons (Fsp3) is 0.450. The van der Waals surface area contributed by atoms with E-state index in [0.29, 0.717) is 44.8 Å². The van der Waals surface area contributed by atoms with Gasteiger partial charge in [0, 0.05) is 50.9 Å². The lowest BCUT2D eigenvalue weighted by Crippen LogP contribution is -2.44. The van der Waals surface area contributed by atoms with Crippen LogP contribution < -0.4 is 10.6 Å². The number of anilines is 1. The number of aromatic nitrogens is 1. The Bertz CT molecular complexity index is 782. The highest BCUT2D eigenvalue weighted by Gasteiger charge is 2.27. The molecule has 0 saturated carbocycles. The van der Waals surface area contributed by atoms with Crippen LogP contribution in [0.5, 0.6) is 0 Å². The number of fused-ring (bicyclic) bond motifs is 1. The van der Waals surface area contributed by atoms with Crippen LogP contribution in [0, 0.1) is 5.92 Å². The van der Waals surface area contributed by atoms with E-state index in [9.17, 15) is 9.59 Å². The summed E-state index contributed by atoms with van der Waals surface area (Å²) >= 11 is 0. The highest BCUT2D eigenvalue weighted by molar-refractivity contribution is 5.99. The van der Waals surface area contributed by atoms with Gasteiger partial charge < -0.3 is 20.3 Å². The van der Waals surface area contributed by atoms with Gasteiger partial charge in [0.2, 0.25) is 5.91 Å². The maximum absolute atomic E-state index is 12.6. The van der Waals surface area contributed by atoms with Gasteiger partial charge >= 0.3 is 6.03 Å². The molecule has 2 aromatic rings. The van der Waals surface area contributed by atoms with Crippen molar-refractivity contribution in [1.82, 2.24) is 15.2 Å². The van der Waals surface area contributed by atoms with Gasteiger partial charge in [-0.05, 0) is 31.4 Å². The number of nitrogens with one attached hydrogen (secondary N) is 2. The Morgan fingerprint density at radius 1 is 1.22 bits per heavy atom. The molecular formula is C20H26N4O3. The molecule has 1 saturated heterocycles. The highest BCUT2D eigenvalue weighted by Crippen LogP contribution is 2.22. The number of likely N-dealkylation sites (tertiary alicyclic amines) is 1. The summed E-state index contributed by atoms with van der Waals surface area (Å²) in [5.41, 5.74) is 1.48. The molecule has 2 N–H and O–H groups in total. The zero-order valence-electron chi connectivity index (χ0n) is 15.6. The summed E-state index contributed by atoms with van der Waals surface area (Å²) in [6, 6.07) is 9.42. The number of hydrogen-bond donors (Lipinski definition) is 2. The van der Waals surface area contributed by atoms with Crippen LogP contribution in [0.3, 0.4) is 0 Å². The second kappa shape index (κ2) is 9.32. The predicted molar refractivity (Wildman–Crippen MR) is 105 cm³/mol. The van der Waals surface area contributed by atoms with E-state index in [4.69, 9.17) is 4.74 Å². The largest absolute Gasteiger partial charge is 0.385 e. The van der Waals surface area contributed by atoms with E-state index in [1.165, 1.54) is 0 Å². The normalized spacial score (nSPS) is 14.9. The predicted octanol–water partition coefficient (Wildman–Crippen LogP) is 2.63. The number of urea groups is 1. The van der Waals surface area contributed by atoms with E-state index in [2.05, 4.69) is 15.6 Å². The molecule has 0 atom stereocenters. The lowest BCUT2D eigenvalue weighted by Gasteiger charge is -2.31. The van der Waals surface area contributed by atoms with Crippen molar-refractivity contribution in [2.45, 2.75) is 19.3 Å². The lowest BCUT2D eigenvalue weighted by atomic mass is 9.96. The number of para-hydroxylation sites is 1. The van der Waals surface area contributed by atoms with E-state index in [0.717, 1.165) is 17.3 Å². The Morgan fingerprint density at radius 2 is 2.00 bits per heavy atom. The molecule has 0 bridgehead atoms. The molecule has 0 radical (unpaired) electrons. The van der Waals surface area contributed by atoms with Crippen LogP contribution in [0.15, 0.2) is 36.5 Å². The number of rotatable bonds is 6. The fourth-order valence-corrected chi connectivity index (χ4v) is 3.32. The topological polar surface area (TPSA) is 83.6 Å². The van der Waals surface area contributed by atoms with Crippen LogP contribution >= 0.6 is 0 Å². The first kappa shape index (κ1) is 19.1. The smallest absolute Gasteiger partial charge is 0.321 e. The van der Waals surface area contributed by atoms with Gasteiger partial charge in [0.05, 0.1) is 11.2 Å². The zero-order valence-corrected chi connectivity index (χ0v) is 15.6. The first-order chi connectivity index (χ1) is 13.2. The fourth-order valence-electron chi connectivity index (χ4n) is 3.32. The molecular weight excluding hydrogens is 344 g/mol. The van der Waals surface area contributed by atoms with Gasteiger partial charge in [-0.3, -0.25) is 9.78 Å². The van der Waals surface area contributed by atoms with Gasteiger partial charge in [0.1, 0.15) is 0 Å². The minimum absolute atomic E-state index is 0.0317.